The summed E-state index contributed by atoms with van der Waals surface area (Å²) >= 11 is 0. The monoisotopic (exact) mass is 272 g/mol. The van der Waals surface area contributed by atoms with E-state index in [0.717, 1.165) is 18.8 Å². The number of nitrogens with zero attached hydrogens (tertiary/aromatic N) is 2. The van der Waals surface area contributed by atoms with E-state index in [-0.39, 0.29) is 0 Å². The first kappa shape index (κ1) is 13.4. The molecule has 20 heavy (non-hydrogen) atoms. The highest BCUT2D eigenvalue weighted by molar-refractivity contribution is 5.92. The molecule has 4 heteroatoms. The Morgan fingerprint density at radius 2 is 1.95 bits per heavy atom. The Morgan fingerprint density at radius 1 is 1.15 bits per heavy atom. The lowest BCUT2D eigenvalue weighted by Gasteiger charge is -2.13. The summed E-state index contributed by atoms with van der Waals surface area (Å²) in [5, 5.41) is 3.21. The third kappa shape index (κ3) is 3.31. The number of anilines is 1. The Bertz CT molecular complexity index is 489. The first-order valence-electron chi connectivity index (χ1n) is 7.72. The quantitative estimate of drug-likeness (QED) is 0.651. The zero-order chi connectivity index (χ0) is 13.8. The molecule has 0 saturated carbocycles. The number of aliphatic imine (C=N–C) groups is 1. The van der Waals surface area contributed by atoms with Crippen LogP contribution >= 0.6 is 0 Å². The highest BCUT2D eigenvalue weighted by Crippen LogP contribution is 2.24. The Balaban J connectivity index is 1.51. The fraction of sp³-hybridized carbons (Fsp3) is 0.562. The second-order valence-corrected chi connectivity index (χ2v) is 5.78. The van der Waals surface area contributed by atoms with E-state index in [4.69, 9.17) is 5.73 Å². The Labute approximate surface area is 121 Å². The van der Waals surface area contributed by atoms with Gasteiger partial charge in [-0.25, -0.2) is 0 Å². The van der Waals surface area contributed by atoms with Crippen LogP contribution in [0.5, 0.6) is 0 Å². The molecule has 1 aromatic carbocycles. The van der Waals surface area contributed by atoms with E-state index < -0.39 is 0 Å². The van der Waals surface area contributed by atoms with Crippen LogP contribution in [0.15, 0.2) is 23.2 Å². The van der Waals surface area contributed by atoms with Crippen molar-refractivity contribution < 1.29 is 0 Å². The smallest absolute Gasteiger partial charge is 0.193 e. The van der Waals surface area contributed by atoms with Crippen molar-refractivity contribution >= 4 is 11.6 Å². The second-order valence-electron chi connectivity index (χ2n) is 5.78. The van der Waals surface area contributed by atoms with E-state index in [1.807, 2.05) is 0 Å². The number of aryl methyl sites for hydroxylation is 2. The molecule has 1 saturated heterocycles. The molecule has 1 aliphatic heterocycles. The summed E-state index contributed by atoms with van der Waals surface area (Å²) in [4.78, 5) is 6.87. The molecule has 0 aromatic heterocycles. The molecule has 0 amide bonds. The van der Waals surface area contributed by atoms with Gasteiger partial charge in [-0.3, -0.25) is 4.99 Å². The van der Waals surface area contributed by atoms with Crippen LogP contribution in [0.25, 0.3) is 0 Å². The SMILES string of the molecule is NC(=NCCN1CCCC1)Nc1ccc2c(c1)CCC2. The number of hydrogen-bond donors (Lipinski definition) is 2. The molecule has 3 N–H and O–H groups in total. The Morgan fingerprint density at radius 3 is 2.80 bits per heavy atom. The number of nitrogens with one attached hydrogen (secondary N) is 1. The maximum atomic E-state index is 5.96. The first-order valence-corrected chi connectivity index (χ1v) is 7.72. The molecule has 1 heterocycles. The number of nitrogens with two attached hydrogens (primary N) is 1. The summed E-state index contributed by atoms with van der Waals surface area (Å²) in [6.45, 7) is 4.23. The molecular formula is C16H24N4. The van der Waals surface area contributed by atoms with Gasteiger partial charge in [-0.2, -0.15) is 0 Å². The normalized spacial score (nSPS) is 19.3. The van der Waals surface area contributed by atoms with E-state index in [2.05, 4.69) is 33.4 Å². The molecule has 1 aliphatic carbocycles. The summed E-state index contributed by atoms with van der Waals surface area (Å²) in [7, 11) is 0. The van der Waals surface area contributed by atoms with E-state index >= 15 is 0 Å². The van der Waals surface area contributed by atoms with Crippen molar-refractivity contribution in [2.24, 2.45) is 10.7 Å². The van der Waals surface area contributed by atoms with Crippen LogP contribution in [0.4, 0.5) is 5.69 Å². The Kier molecular flexibility index (Phi) is 4.21. The first-order chi connectivity index (χ1) is 9.81. The van der Waals surface area contributed by atoms with Gasteiger partial charge in [0.05, 0.1) is 6.54 Å². The van der Waals surface area contributed by atoms with Crippen molar-refractivity contribution in [3.05, 3.63) is 29.3 Å². The van der Waals surface area contributed by atoms with Gasteiger partial charge in [-0.15, -0.1) is 0 Å². The fourth-order valence-corrected chi connectivity index (χ4v) is 3.16. The van der Waals surface area contributed by atoms with Crippen LogP contribution in [-0.4, -0.2) is 37.0 Å². The van der Waals surface area contributed by atoms with Crippen LogP contribution in [0, 0.1) is 0 Å². The topological polar surface area (TPSA) is 53.6 Å². The summed E-state index contributed by atoms with van der Waals surface area (Å²) in [6.07, 6.45) is 6.34. The minimum atomic E-state index is 0.530. The van der Waals surface area contributed by atoms with Gasteiger partial charge < -0.3 is 16.0 Å². The lowest BCUT2D eigenvalue weighted by atomic mass is 10.1. The maximum Gasteiger partial charge on any atom is 0.193 e. The largest absolute Gasteiger partial charge is 0.370 e. The highest BCUT2D eigenvalue weighted by Gasteiger charge is 2.11. The molecule has 0 spiro atoms. The molecule has 1 aromatic rings. The molecule has 0 unspecified atom stereocenters. The standard InChI is InChI=1S/C16H24N4/c17-16(18-8-11-20-9-1-2-10-20)19-15-7-6-13-4-3-5-14(13)12-15/h6-7,12H,1-5,8-11H2,(H3,17,18,19). The lowest BCUT2D eigenvalue weighted by Crippen LogP contribution is -2.26. The number of rotatable bonds is 4. The van der Waals surface area contributed by atoms with Crippen molar-refractivity contribution in [3.8, 4) is 0 Å². The minimum Gasteiger partial charge on any atom is -0.370 e. The molecule has 1 fully saturated rings. The molecule has 108 valence electrons. The average Bonchev–Trinajstić information content (AvgIpc) is 3.08. The van der Waals surface area contributed by atoms with E-state index in [0.29, 0.717) is 5.96 Å². The van der Waals surface area contributed by atoms with Crippen LogP contribution in [0.2, 0.25) is 0 Å². The van der Waals surface area contributed by atoms with Crippen molar-refractivity contribution in [1.82, 2.24) is 4.90 Å². The molecule has 0 bridgehead atoms. The highest BCUT2D eigenvalue weighted by atomic mass is 15.2. The average molecular weight is 272 g/mol. The van der Waals surface area contributed by atoms with Gasteiger partial charge in [-0.05, 0) is 68.5 Å². The lowest BCUT2D eigenvalue weighted by molar-refractivity contribution is 0.349. The van der Waals surface area contributed by atoms with Crippen LogP contribution < -0.4 is 11.1 Å². The van der Waals surface area contributed by atoms with Crippen molar-refractivity contribution in [2.75, 3.05) is 31.5 Å². The molecule has 0 atom stereocenters. The zero-order valence-corrected chi connectivity index (χ0v) is 12.1. The number of benzene rings is 1. The molecule has 3 rings (SSSR count). The number of hydrogen-bond acceptors (Lipinski definition) is 2. The zero-order valence-electron chi connectivity index (χ0n) is 12.1. The number of likely N-dealkylation sites (tertiary alicyclic amines) is 1. The number of guanidine groups is 1. The van der Waals surface area contributed by atoms with Gasteiger partial charge in [0.1, 0.15) is 0 Å². The van der Waals surface area contributed by atoms with Crippen molar-refractivity contribution in [1.29, 1.82) is 0 Å². The fourth-order valence-electron chi connectivity index (χ4n) is 3.16. The Hall–Kier alpha value is -1.55. The third-order valence-electron chi connectivity index (χ3n) is 4.27. The van der Waals surface area contributed by atoms with Gasteiger partial charge >= 0.3 is 0 Å². The summed E-state index contributed by atoms with van der Waals surface area (Å²) in [5.74, 6) is 0.530. The number of fused-ring (bicyclic) bond motifs is 1. The van der Waals surface area contributed by atoms with Gasteiger partial charge in [0.2, 0.25) is 0 Å². The molecular weight excluding hydrogens is 248 g/mol. The third-order valence-corrected chi connectivity index (χ3v) is 4.27. The van der Waals surface area contributed by atoms with Crippen molar-refractivity contribution in [3.63, 3.8) is 0 Å². The summed E-state index contributed by atoms with van der Waals surface area (Å²) in [5.41, 5.74) is 9.96. The van der Waals surface area contributed by atoms with Crippen LogP contribution in [0.3, 0.4) is 0 Å². The van der Waals surface area contributed by atoms with Crippen molar-refractivity contribution in [2.45, 2.75) is 32.1 Å². The van der Waals surface area contributed by atoms with E-state index in [1.165, 1.54) is 56.3 Å². The summed E-state index contributed by atoms with van der Waals surface area (Å²) < 4.78 is 0. The van der Waals surface area contributed by atoms with Gasteiger partial charge in [0.25, 0.3) is 0 Å². The van der Waals surface area contributed by atoms with Crippen LogP contribution in [0.1, 0.15) is 30.4 Å². The predicted molar refractivity (Wildman–Crippen MR) is 84.3 cm³/mol. The van der Waals surface area contributed by atoms with E-state index in [1.54, 1.807) is 0 Å². The maximum absolute atomic E-state index is 5.96. The van der Waals surface area contributed by atoms with Crippen LogP contribution in [-0.2, 0) is 12.8 Å². The predicted octanol–water partition coefficient (Wildman–Crippen LogP) is 2.00. The summed E-state index contributed by atoms with van der Waals surface area (Å²) in [6, 6.07) is 6.53. The molecule has 0 radical (unpaired) electrons. The minimum absolute atomic E-state index is 0.530. The molecule has 4 nitrogen and oxygen atoms in total. The van der Waals surface area contributed by atoms with Gasteiger partial charge in [-0.1, -0.05) is 6.07 Å². The second kappa shape index (κ2) is 6.27. The molecule has 2 aliphatic rings. The van der Waals surface area contributed by atoms with E-state index in [9.17, 15) is 0 Å². The van der Waals surface area contributed by atoms with Gasteiger partial charge in [0, 0.05) is 12.2 Å². The van der Waals surface area contributed by atoms with Gasteiger partial charge in [0.15, 0.2) is 5.96 Å².